The first-order valence-electron chi connectivity index (χ1n) is 10.9. The average Bonchev–Trinajstić information content (AvgIpc) is 3.35. The van der Waals surface area contributed by atoms with Crippen molar-refractivity contribution in [3.63, 3.8) is 0 Å². The van der Waals surface area contributed by atoms with Gasteiger partial charge in [-0.1, -0.05) is 60.7 Å². The molecule has 4 rings (SSSR count). The fourth-order valence-electron chi connectivity index (χ4n) is 3.36. The lowest BCUT2D eigenvalue weighted by atomic mass is 10.1. The number of anilines is 1. The largest absolute Gasteiger partial charge is 0.454 e. The summed E-state index contributed by atoms with van der Waals surface area (Å²) in [6, 6.07) is 22.2. The molecule has 0 aliphatic carbocycles. The van der Waals surface area contributed by atoms with Gasteiger partial charge in [0.1, 0.15) is 12.6 Å². The normalized spacial score (nSPS) is 12.3. The maximum absolute atomic E-state index is 12.8. The maximum Gasteiger partial charge on any atom is 0.408 e. The van der Waals surface area contributed by atoms with Crippen molar-refractivity contribution >= 4 is 23.7 Å². The van der Waals surface area contributed by atoms with Crippen LogP contribution in [-0.4, -0.2) is 37.4 Å². The third-order valence-electron chi connectivity index (χ3n) is 5.07. The Hall–Kier alpha value is -4.53. The van der Waals surface area contributed by atoms with E-state index in [4.69, 9.17) is 18.9 Å². The molecule has 0 spiro atoms. The number of carbonyl (C=O) groups excluding carboxylic acids is 3. The molecule has 1 aliphatic rings. The molecule has 0 fully saturated rings. The van der Waals surface area contributed by atoms with Crippen LogP contribution in [-0.2, 0) is 32.1 Å². The number of ether oxygens (including phenoxy) is 4. The Bertz CT molecular complexity index is 1170. The minimum Gasteiger partial charge on any atom is -0.454 e. The molecule has 0 saturated heterocycles. The Morgan fingerprint density at radius 3 is 2.26 bits per heavy atom. The molecule has 3 aromatic carbocycles. The van der Waals surface area contributed by atoms with Crippen molar-refractivity contribution in [2.45, 2.75) is 19.1 Å². The third-order valence-corrected chi connectivity index (χ3v) is 5.07. The van der Waals surface area contributed by atoms with Gasteiger partial charge in [0.25, 0.3) is 5.91 Å². The highest BCUT2D eigenvalue weighted by Gasteiger charge is 2.24. The molecule has 35 heavy (non-hydrogen) atoms. The summed E-state index contributed by atoms with van der Waals surface area (Å²) in [5.74, 6) is -0.196. The quantitative estimate of drug-likeness (QED) is 0.455. The number of amides is 2. The van der Waals surface area contributed by atoms with Gasteiger partial charge in [0.05, 0.1) is 0 Å². The van der Waals surface area contributed by atoms with E-state index in [1.54, 1.807) is 18.2 Å². The first kappa shape index (κ1) is 23.6. The number of nitrogens with one attached hydrogen (secondary N) is 2. The predicted molar refractivity (Wildman–Crippen MR) is 126 cm³/mol. The van der Waals surface area contributed by atoms with E-state index < -0.39 is 30.6 Å². The van der Waals surface area contributed by atoms with Crippen molar-refractivity contribution in [1.29, 1.82) is 0 Å². The van der Waals surface area contributed by atoms with E-state index in [1.807, 2.05) is 60.7 Å². The fraction of sp³-hybridized carbons (Fsp3) is 0.192. The Kier molecular flexibility index (Phi) is 7.80. The molecule has 9 heteroatoms. The van der Waals surface area contributed by atoms with Crippen molar-refractivity contribution in [3.05, 3.63) is 90.0 Å². The summed E-state index contributed by atoms with van der Waals surface area (Å²) in [4.78, 5) is 37.4. The zero-order chi connectivity index (χ0) is 24.5. The van der Waals surface area contributed by atoms with Crippen molar-refractivity contribution < 1.29 is 33.3 Å². The van der Waals surface area contributed by atoms with Crippen LogP contribution in [0.3, 0.4) is 0 Å². The second-order valence-electron chi connectivity index (χ2n) is 7.67. The lowest BCUT2D eigenvalue weighted by molar-refractivity contribution is -0.149. The van der Waals surface area contributed by atoms with Crippen LogP contribution in [0.5, 0.6) is 11.5 Å². The van der Waals surface area contributed by atoms with E-state index in [9.17, 15) is 14.4 Å². The number of hydrogen-bond donors (Lipinski definition) is 2. The van der Waals surface area contributed by atoms with Crippen molar-refractivity contribution in [1.82, 2.24) is 5.32 Å². The highest BCUT2D eigenvalue weighted by atomic mass is 16.7. The molecule has 0 unspecified atom stereocenters. The van der Waals surface area contributed by atoms with Gasteiger partial charge in [0.2, 0.25) is 6.79 Å². The number of fused-ring (bicyclic) bond motifs is 1. The van der Waals surface area contributed by atoms with E-state index in [1.165, 1.54) is 0 Å². The molecule has 1 heterocycles. The Balaban J connectivity index is 1.32. The molecule has 3 aromatic rings. The van der Waals surface area contributed by atoms with E-state index >= 15 is 0 Å². The number of carbonyl (C=O) groups is 3. The Labute approximate surface area is 201 Å². The molecule has 180 valence electrons. The van der Waals surface area contributed by atoms with E-state index in [0.29, 0.717) is 17.2 Å². The minimum atomic E-state index is -1.04. The molecule has 1 aliphatic heterocycles. The molecule has 1 atom stereocenters. The molecule has 0 bridgehead atoms. The average molecular weight is 476 g/mol. The second-order valence-corrected chi connectivity index (χ2v) is 7.67. The molecular formula is C26H24N2O7. The van der Waals surface area contributed by atoms with Crippen molar-refractivity contribution in [2.24, 2.45) is 0 Å². The van der Waals surface area contributed by atoms with E-state index in [-0.39, 0.29) is 19.8 Å². The van der Waals surface area contributed by atoms with Gasteiger partial charge in [-0.2, -0.15) is 0 Å². The van der Waals surface area contributed by atoms with Crippen LogP contribution in [0.2, 0.25) is 0 Å². The van der Waals surface area contributed by atoms with Gasteiger partial charge in [-0.3, -0.25) is 4.79 Å². The predicted octanol–water partition coefficient (Wildman–Crippen LogP) is 3.43. The Morgan fingerprint density at radius 1 is 0.829 bits per heavy atom. The first-order valence-corrected chi connectivity index (χ1v) is 10.9. The van der Waals surface area contributed by atoms with Crippen LogP contribution < -0.4 is 20.1 Å². The zero-order valence-electron chi connectivity index (χ0n) is 18.8. The van der Waals surface area contributed by atoms with E-state index in [0.717, 1.165) is 11.1 Å². The molecule has 0 saturated carbocycles. The fourth-order valence-corrected chi connectivity index (χ4v) is 3.36. The number of esters is 1. The van der Waals surface area contributed by atoms with Crippen LogP contribution >= 0.6 is 0 Å². The second kappa shape index (κ2) is 11.6. The Morgan fingerprint density at radius 2 is 1.51 bits per heavy atom. The summed E-state index contributed by atoms with van der Waals surface area (Å²) < 4.78 is 20.9. The smallest absolute Gasteiger partial charge is 0.408 e. The van der Waals surface area contributed by atoms with Gasteiger partial charge in [-0.25, -0.2) is 9.59 Å². The standard InChI is InChI=1S/C26H24N2O7/c29-24(27-20-11-12-22-23(14-20)35-17-34-22)16-32-25(30)21(13-18-7-3-1-4-8-18)28-26(31)33-15-19-9-5-2-6-10-19/h1-12,14,21H,13,15-17H2,(H,27,29)(H,28,31)/t21-/m1/s1. The molecular weight excluding hydrogens is 452 g/mol. The van der Waals surface area contributed by atoms with Gasteiger partial charge in [0, 0.05) is 18.2 Å². The van der Waals surface area contributed by atoms with Crippen LogP contribution in [0.4, 0.5) is 10.5 Å². The zero-order valence-corrected chi connectivity index (χ0v) is 18.8. The minimum absolute atomic E-state index is 0.0533. The maximum atomic E-state index is 12.8. The summed E-state index contributed by atoms with van der Waals surface area (Å²) in [7, 11) is 0. The lowest BCUT2D eigenvalue weighted by Crippen LogP contribution is -2.44. The summed E-state index contributed by atoms with van der Waals surface area (Å²) in [5, 5.41) is 5.17. The number of hydrogen-bond acceptors (Lipinski definition) is 7. The topological polar surface area (TPSA) is 112 Å². The summed E-state index contributed by atoms with van der Waals surface area (Å²) in [5.41, 5.74) is 2.09. The SMILES string of the molecule is O=C(COC(=O)[C@@H](Cc1ccccc1)NC(=O)OCc1ccccc1)Nc1ccc2c(c1)OCO2. The van der Waals surface area contributed by atoms with Crippen LogP contribution in [0.15, 0.2) is 78.9 Å². The van der Waals surface area contributed by atoms with Gasteiger partial charge in [0.15, 0.2) is 18.1 Å². The molecule has 0 radical (unpaired) electrons. The third kappa shape index (κ3) is 6.97. The van der Waals surface area contributed by atoms with E-state index in [2.05, 4.69) is 10.6 Å². The number of alkyl carbamates (subject to hydrolysis) is 1. The van der Waals surface area contributed by atoms with Crippen molar-refractivity contribution in [3.8, 4) is 11.5 Å². The monoisotopic (exact) mass is 476 g/mol. The van der Waals surface area contributed by atoms with Crippen LogP contribution in [0.25, 0.3) is 0 Å². The van der Waals surface area contributed by atoms with Gasteiger partial charge < -0.3 is 29.6 Å². The van der Waals surface area contributed by atoms with Gasteiger partial charge >= 0.3 is 12.1 Å². The summed E-state index contributed by atoms with van der Waals surface area (Å²) in [6.45, 7) is -0.356. The molecule has 0 aromatic heterocycles. The molecule has 2 N–H and O–H groups in total. The lowest BCUT2D eigenvalue weighted by Gasteiger charge is -2.18. The molecule has 2 amide bonds. The highest BCUT2D eigenvalue weighted by molar-refractivity contribution is 5.93. The highest BCUT2D eigenvalue weighted by Crippen LogP contribution is 2.34. The van der Waals surface area contributed by atoms with Gasteiger partial charge in [-0.15, -0.1) is 0 Å². The van der Waals surface area contributed by atoms with Gasteiger partial charge in [-0.05, 0) is 23.3 Å². The summed E-state index contributed by atoms with van der Waals surface area (Å²) in [6.07, 6.45) is -0.597. The molecule has 9 nitrogen and oxygen atoms in total. The van der Waals surface area contributed by atoms with Crippen LogP contribution in [0.1, 0.15) is 11.1 Å². The van der Waals surface area contributed by atoms with Crippen molar-refractivity contribution in [2.75, 3.05) is 18.7 Å². The number of rotatable bonds is 9. The first-order chi connectivity index (χ1) is 17.1. The summed E-state index contributed by atoms with van der Waals surface area (Å²) >= 11 is 0. The van der Waals surface area contributed by atoms with Crippen LogP contribution in [0, 0.1) is 0 Å². The number of benzene rings is 3.